The molecule has 164 valence electrons. The van der Waals surface area contributed by atoms with Crippen LogP contribution in [0, 0.1) is 0 Å². The summed E-state index contributed by atoms with van der Waals surface area (Å²) in [4.78, 5) is 28.4. The predicted octanol–water partition coefficient (Wildman–Crippen LogP) is 5.52. The van der Waals surface area contributed by atoms with Crippen molar-refractivity contribution < 1.29 is 23.8 Å². The molecule has 0 aliphatic rings. The summed E-state index contributed by atoms with van der Waals surface area (Å²) in [5.41, 5.74) is 2.43. The van der Waals surface area contributed by atoms with Crippen LogP contribution < -0.4 is 4.74 Å². The second-order valence-electron chi connectivity index (χ2n) is 6.79. The highest BCUT2D eigenvalue weighted by Gasteiger charge is 2.18. The summed E-state index contributed by atoms with van der Waals surface area (Å²) in [7, 11) is 1.24. The van der Waals surface area contributed by atoms with Gasteiger partial charge in [-0.2, -0.15) is 4.99 Å². The monoisotopic (exact) mass is 495 g/mol. The van der Waals surface area contributed by atoms with Gasteiger partial charge in [0.25, 0.3) is 0 Å². The van der Waals surface area contributed by atoms with Crippen LogP contribution in [0.3, 0.4) is 0 Å². The Morgan fingerprint density at radius 1 is 0.875 bits per heavy atom. The van der Waals surface area contributed by atoms with E-state index in [4.69, 9.17) is 14.2 Å². The van der Waals surface area contributed by atoms with Gasteiger partial charge >= 0.3 is 12.1 Å². The molecule has 0 bridgehead atoms. The molecule has 32 heavy (non-hydrogen) atoms. The molecule has 0 unspecified atom stereocenters. The standard InChI is InChI=1S/C25H22BrNO5/c1-30-24(28)22(27-25(29)32-17-19-10-6-3-7-11-19)15-20-14-21(26)12-13-23(20)31-16-18-8-4-2-5-9-18/h2-14H,15-17H2,1H3. The van der Waals surface area contributed by atoms with Gasteiger partial charge in [0.15, 0.2) is 0 Å². The molecule has 3 aromatic rings. The summed E-state index contributed by atoms with van der Waals surface area (Å²) in [5, 5.41) is 0. The third-order valence-electron chi connectivity index (χ3n) is 4.47. The summed E-state index contributed by atoms with van der Waals surface area (Å²) in [6.07, 6.45) is -0.826. The lowest BCUT2D eigenvalue weighted by atomic mass is 10.1. The Labute approximate surface area is 195 Å². The normalized spacial score (nSPS) is 11.0. The zero-order valence-corrected chi connectivity index (χ0v) is 19.1. The Hall–Kier alpha value is -3.45. The van der Waals surface area contributed by atoms with Crippen LogP contribution in [0.15, 0.2) is 88.3 Å². The van der Waals surface area contributed by atoms with Gasteiger partial charge < -0.3 is 14.2 Å². The number of halogens is 1. The number of ether oxygens (including phenoxy) is 3. The van der Waals surface area contributed by atoms with Crippen LogP contribution >= 0.6 is 15.9 Å². The van der Waals surface area contributed by atoms with Crippen LogP contribution in [0.2, 0.25) is 0 Å². The summed E-state index contributed by atoms with van der Waals surface area (Å²) in [6, 6.07) is 24.4. The Kier molecular flexibility index (Phi) is 8.57. The maximum Gasteiger partial charge on any atom is 0.434 e. The first-order valence-corrected chi connectivity index (χ1v) is 10.7. The number of esters is 1. The van der Waals surface area contributed by atoms with E-state index in [1.54, 1.807) is 6.07 Å². The second-order valence-corrected chi connectivity index (χ2v) is 7.71. The number of carbonyl (C=O) groups excluding carboxylic acids is 2. The highest BCUT2D eigenvalue weighted by atomic mass is 79.9. The number of hydrogen-bond donors (Lipinski definition) is 0. The van der Waals surface area contributed by atoms with E-state index >= 15 is 0 Å². The van der Waals surface area contributed by atoms with Crippen LogP contribution in [-0.2, 0) is 33.9 Å². The van der Waals surface area contributed by atoms with Crippen LogP contribution in [0.1, 0.15) is 16.7 Å². The molecule has 6 nitrogen and oxygen atoms in total. The molecule has 0 fully saturated rings. The van der Waals surface area contributed by atoms with E-state index in [0.29, 0.717) is 17.9 Å². The lowest BCUT2D eigenvalue weighted by Gasteiger charge is -2.13. The number of methoxy groups -OCH3 is 1. The van der Waals surface area contributed by atoms with Gasteiger partial charge in [0, 0.05) is 16.5 Å². The van der Waals surface area contributed by atoms with E-state index in [-0.39, 0.29) is 18.7 Å². The highest BCUT2D eigenvalue weighted by Crippen LogP contribution is 2.25. The molecule has 0 aliphatic carbocycles. The molecule has 0 radical (unpaired) electrons. The molecule has 0 aliphatic heterocycles. The average molecular weight is 496 g/mol. The first kappa shape index (κ1) is 23.2. The van der Waals surface area contributed by atoms with Crippen molar-refractivity contribution in [2.45, 2.75) is 19.6 Å². The Bertz CT molecular complexity index is 1080. The van der Waals surface area contributed by atoms with E-state index in [1.807, 2.05) is 72.8 Å². The average Bonchev–Trinajstić information content (AvgIpc) is 2.82. The van der Waals surface area contributed by atoms with E-state index in [1.165, 1.54) is 7.11 Å². The van der Waals surface area contributed by atoms with Crippen molar-refractivity contribution in [3.05, 3.63) is 100 Å². The number of nitrogens with zero attached hydrogens (tertiary/aromatic N) is 1. The summed E-state index contributed by atoms with van der Waals surface area (Å²) >= 11 is 3.43. The summed E-state index contributed by atoms with van der Waals surface area (Å²) < 4.78 is 16.8. The number of rotatable bonds is 8. The molecule has 3 rings (SSSR count). The van der Waals surface area contributed by atoms with Crippen molar-refractivity contribution in [1.29, 1.82) is 0 Å². The van der Waals surface area contributed by atoms with Gasteiger partial charge in [-0.3, -0.25) is 0 Å². The minimum absolute atomic E-state index is 0.0384. The molecule has 1 amide bonds. The number of carbonyl (C=O) groups is 2. The minimum Gasteiger partial charge on any atom is -0.489 e. The van der Waals surface area contributed by atoms with Crippen LogP contribution in [0.25, 0.3) is 0 Å². The Morgan fingerprint density at radius 2 is 1.50 bits per heavy atom. The second kappa shape index (κ2) is 11.8. The third kappa shape index (κ3) is 7.06. The zero-order valence-electron chi connectivity index (χ0n) is 17.5. The van der Waals surface area contributed by atoms with Gasteiger partial charge in [-0.25, -0.2) is 9.59 Å². The van der Waals surface area contributed by atoms with Gasteiger partial charge in [-0.05, 0) is 29.3 Å². The molecule has 0 aromatic heterocycles. The first-order chi connectivity index (χ1) is 15.5. The molecule has 0 atom stereocenters. The molecule has 0 saturated carbocycles. The van der Waals surface area contributed by atoms with Crippen molar-refractivity contribution in [2.75, 3.05) is 7.11 Å². The molecule has 7 heteroatoms. The Morgan fingerprint density at radius 3 is 2.12 bits per heavy atom. The van der Waals surface area contributed by atoms with Crippen molar-refractivity contribution in [3.63, 3.8) is 0 Å². The quantitative estimate of drug-likeness (QED) is 0.303. The largest absolute Gasteiger partial charge is 0.489 e. The van der Waals surface area contributed by atoms with Gasteiger partial charge in [0.2, 0.25) is 0 Å². The van der Waals surface area contributed by atoms with Gasteiger partial charge in [0.05, 0.1) is 7.11 Å². The van der Waals surface area contributed by atoms with Crippen LogP contribution in [0.5, 0.6) is 5.75 Å². The zero-order chi connectivity index (χ0) is 22.8. The molecule has 0 N–H and O–H groups in total. The van der Waals surface area contributed by atoms with E-state index in [2.05, 4.69) is 20.9 Å². The van der Waals surface area contributed by atoms with Crippen molar-refractivity contribution in [2.24, 2.45) is 4.99 Å². The Balaban J connectivity index is 1.75. The predicted molar refractivity (Wildman–Crippen MR) is 125 cm³/mol. The lowest BCUT2D eigenvalue weighted by molar-refractivity contribution is -0.132. The maximum absolute atomic E-state index is 12.3. The SMILES string of the molecule is COC(=O)C(Cc1cc(Br)ccc1OCc1ccccc1)=NC(=O)OCc1ccccc1. The first-order valence-electron chi connectivity index (χ1n) is 9.87. The number of benzene rings is 3. The van der Waals surface area contributed by atoms with E-state index in [9.17, 15) is 9.59 Å². The molecule has 3 aromatic carbocycles. The fourth-order valence-electron chi connectivity index (χ4n) is 2.88. The van der Waals surface area contributed by atoms with Gasteiger partial charge in [-0.1, -0.05) is 76.6 Å². The van der Waals surface area contributed by atoms with Crippen molar-refractivity contribution in [3.8, 4) is 5.75 Å². The van der Waals surface area contributed by atoms with Gasteiger partial charge in [-0.15, -0.1) is 0 Å². The van der Waals surface area contributed by atoms with Gasteiger partial charge in [0.1, 0.15) is 24.7 Å². The van der Waals surface area contributed by atoms with E-state index < -0.39 is 12.1 Å². The molecule has 0 heterocycles. The fourth-order valence-corrected chi connectivity index (χ4v) is 3.29. The van der Waals surface area contributed by atoms with Crippen LogP contribution in [0.4, 0.5) is 4.79 Å². The number of amides is 1. The number of hydrogen-bond acceptors (Lipinski definition) is 5. The lowest BCUT2D eigenvalue weighted by Crippen LogP contribution is -2.21. The van der Waals surface area contributed by atoms with Crippen LogP contribution in [-0.4, -0.2) is 24.9 Å². The third-order valence-corrected chi connectivity index (χ3v) is 4.96. The molecular formula is C25H22BrNO5. The van der Waals surface area contributed by atoms with Crippen molar-refractivity contribution >= 4 is 33.7 Å². The highest BCUT2D eigenvalue weighted by molar-refractivity contribution is 9.10. The molecule has 0 spiro atoms. The summed E-state index contributed by atoms with van der Waals surface area (Å²) in [5.74, 6) is -0.137. The number of aliphatic imine (C=N–C) groups is 1. The molecule has 0 saturated heterocycles. The minimum atomic E-state index is -0.865. The van der Waals surface area contributed by atoms with Crippen molar-refractivity contribution in [1.82, 2.24) is 0 Å². The van der Waals surface area contributed by atoms with E-state index in [0.717, 1.165) is 15.6 Å². The maximum atomic E-state index is 12.3. The molecular weight excluding hydrogens is 474 g/mol. The fraction of sp³-hybridized carbons (Fsp3) is 0.160. The smallest absolute Gasteiger partial charge is 0.434 e. The summed E-state index contributed by atoms with van der Waals surface area (Å²) in [6.45, 7) is 0.416. The topological polar surface area (TPSA) is 74.2 Å².